The molecule has 0 aromatic heterocycles. The first kappa shape index (κ1) is 24.2. The summed E-state index contributed by atoms with van der Waals surface area (Å²) in [5.74, 6) is -0.316. The first-order valence-electron chi connectivity index (χ1n) is 8.65. The molecule has 2 rings (SSSR count). The Morgan fingerprint density at radius 3 is 2.48 bits per heavy atom. The molecule has 1 atom stereocenters. The lowest BCUT2D eigenvalue weighted by molar-refractivity contribution is -0.133. The van der Waals surface area contributed by atoms with E-state index in [0.717, 1.165) is 0 Å². The molecule has 29 heavy (non-hydrogen) atoms. The number of amides is 1. The molecule has 0 fully saturated rings. The number of carbonyl (C=O) groups excluding carboxylic acids is 1. The zero-order valence-corrected chi connectivity index (χ0v) is 17.3. The van der Waals surface area contributed by atoms with E-state index in [4.69, 9.17) is 25.4 Å². The van der Waals surface area contributed by atoms with Crippen molar-refractivity contribution in [2.24, 2.45) is 5.73 Å². The molecule has 0 saturated heterocycles. The van der Waals surface area contributed by atoms with Crippen LogP contribution in [-0.4, -0.2) is 32.6 Å². The number of methoxy groups -OCH3 is 2. The number of benzene rings is 2. The zero-order valence-electron chi connectivity index (χ0n) is 16.5. The van der Waals surface area contributed by atoms with Crippen LogP contribution in [0.4, 0.5) is 4.39 Å². The fourth-order valence-corrected chi connectivity index (χ4v) is 2.65. The Bertz CT molecular complexity index is 864. The van der Waals surface area contributed by atoms with E-state index in [1.807, 2.05) is 0 Å². The Morgan fingerprint density at radius 2 is 1.93 bits per heavy atom. The van der Waals surface area contributed by atoms with Gasteiger partial charge < -0.3 is 25.3 Å². The predicted molar refractivity (Wildman–Crippen MR) is 110 cm³/mol. The van der Waals surface area contributed by atoms with Gasteiger partial charge in [-0.05, 0) is 25.1 Å². The van der Waals surface area contributed by atoms with Crippen LogP contribution in [-0.2, 0) is 16.1 Å². The molecule has 9 heteroatoms. The van der Waals surface area contributed by atoms with Gasteiger partial charge in [0.05, 0.1) is 14.2 Å². The van der Waals surface area contributed by atoms with Gasteiger partial charge in [-0.1, -0.05) is 12.1 Å². The molecule has 0 unspecified atom stereocenters. The van der Waals surface area contributed by atoms with Crippen LogP contribution < -0.4 is 20.5 Å². The Labute approximate surface area is 175 Å². The van der Waals surface area contributed by atoms with E-state index < -0.39 is 17.8 Å². The standard InChI is InChI=1S/C20H24FN3O4.ClH/c1-4-28-18(15-8-7-14(26-2)10-16(15)21)20(25)24-11-13-6-5-12(19(22)23)9-17(13)27-3;/h5-10,18H,4,11H2,1-3H3,(H3,22,23)(H,24,25);1H/t18-;/m0./s1. The minimum absolute atomic E-state index is 0. The van der Waals surface area contributed by atoms with Gasteiger partial charge in [-0.25, -0.2) is 4.39 Å². The van der Waals surface area contributed by atoms with Gasteiger partial charge in [-0.2, -0.15) is 0 Å². The monoisotopic (exact) mass is 425 g/mol. The molecule has 0 saturated carbocycles. The van der Waals surface area contributed by atoms with Gasteiger partial charge in [-0.15, -0.1) is 12.4 Å². The van der Waals surface area contributed by atoms with Crippen molar-refractivity contribution in [3.05, 3.63) is 58.9 Å². The largest absolute Gasteiger partial charge is 0.497 e. The normalized spacial score (nSPS) is 11.2. The number of amidine groups is 1. The first-order valence-corrected chi connectivity index (χ1v) is 8.65. The second-order valence-electron chi connectivity index (χ2n) is 5.88. The third kappa shape index (κ3) is 6.07. The molecule has 158 valence electrons. The van der Waals surface area contributed by atoms with Crippen molar-refractivity contribution in [2.45, 2.75) is 19.6 Å². The fourth-order valence-electron chi connectivity index (χ4n) is 2.65. The molecule has 0 spiro atoms. The molecule has 4 N–H and O–H groups in total. The highest BCUT2D eigenvalue weighted by molar-refractivity contribution is 5.95. The van der Waals surface area contributed by atoms with Crippen molar-refractivity contribution in [3.63, 3.8) is 0 Å². The smallest absolute Gasteiger partial charge is 0.254 e. The van der Waals surface area contributed by atoms with Crippen LogP contribution in [0.1, 0.15) is 29.7 Å². The number of rotatable bonds is 9. The molecular formula is C20H25ClFN3O4. The molecule has 2 aromatic carbocycles. The molecule has 0 bridgehead atoms. The molecule has 0 radical (unpaired) electrons. The summed E-state index contributed by atoms with van der Waals surface area (Å²) in [4.78, 5) is 12.7. The van der Waals surface area contributed by atoms with Gasteiger partial charge in [0.1, 0.15) is 23.2 Å². The number of hydrogen-bond acceptors (Lipinski definition) is 5. The minimum atomic E-state index is -1.10. The number of nitrogens with one attached hydrogen (secondary N) is 2. The Kier molecular flexibility index (Phi) is 9.37. The van der Waals surface area contributed by atoms with Crippen molar-refractivity contribution in [1.29, 1.82) is 5.41 Å². The molecule has 7 nitrogen and oxygen atoms in total. The quantitative estimate of drug-likeness (QED) is 0.423. The van der Waals surface area contributed by atoms with Gasteiger partial charge in [0.15, 0.2) is 6.10 Å². The van der Waals surface area contributed by atoms with Crippen LogP contribution in [0.2, 0.25) is 0 Å². The average molecular weight is 426 g/mol. The van der Waals surface area contributed by atoms with Crippen LogP contribution >= 0.6 is 12.4 Å². The topological polar surface area (TPSA) is 107 Å². The minimum Gasteiger partial charge on any atom is -0.497 e. The van der Waals surface area contributed by atoms with Crippen molar-refractivity contribution in [3.8, 4) is 11.5 Å². The lowest BCUT2D eigenvalue weighted by Crippen LogP contribution is -2.31. The third-order valence-corrected chi connectivity index (χ3v) is 4.11. The average Bonchev–Trinajstić information content (AvgIpc) is 2.70. The predicted octanol–water partition coefficient (Wildman–Crippen LogP) is 2.94. The summed E-state index contributed by atoms with van der Waals surface area (Å²) in [6.07, 6.45) is -1.10. The number of hydrogen-bond donors (Lipinski definition) is 3. The second-order valence-corrected chi connectivity index (χ2v) is 5.88. The summed E-state index contributed by atoms with van der Waals surface area (Å²) in [7, 11) is 2.92. The molecular weight excluding hydrogens is 401 g/mol. The van der Waals surface area contributed by atoms with E-state index in [0.29, 0.717) is 22.6 Å². The van der Waals surface area contributed by atoms with Gasteiger partial charge >= 0.3 is 0 Å². The molecule has 0 aliphatic heterocycles. The molecule has 0 aliphatic carbocycles. The maximum absolute atomic E-state index is 14.4. The van der Waals surface area contributed by atoms with E-state index in [9.17, 15) is 9.18 Å². The van der Waals surface area contributed by atoms with Crippen LogP contribution in [0.15, 0.2) is 36.4 Å². The van der Waals surface area contributed by atoms with Crippen molar-refractivity contribution >= 4 is 24.1 Å². The lowest BCUT2D eigenvalue weighted by Gasteiger charge is -2.19. The van der Waals surface area contributed by atoms with Crippen molar-refractivity contribution in [1.82, 2.24) is 5.32 Å². The van der Waals surface area contributed by atoms with E-state index in [1.165, 1.54) is 26.4 Å². The van der Waals surface area contributed by atoms with Crippen LogP contribution in [0.5, 0.6) is 11.5 Å². The van der Waals surface area contributed by atoms with Gasteiger partial charge in [0.2, 0.25) is 0 Å². The summed E-state index contributed by atoms with van der Waals surface area (Å²) in [5, 5.41) is 10.2. The zero-order chi connectivity index (χ0) is 20.7. The van der Waals surface area contributed by atoms with Crippen LogP contribution in [0, 0.1) is 11.2 Å². The number of ether oxygens (including phenoxy) is 3. The Morgan fingerprint density at radius 1 is 1.21 bits per heavy atom. The first-order chi connectivity index (χ1) is 13.4. The summed E-state index contributed by atoms with van der Waals surface area (Å²) >= 11 is 0. The van der Waals surface area contributed by atoms with Gasteiger partial charge in [0.25, 0.3) is 5.91 Å². The maximum atomic E-state index is 14.4. The highest BCUT2D eigenvalue weighted by Crippen LogP contribution is 2.25. The van der Waals surface area contributed by atoms with Gasteiger partial charge in [0, 0.05) is 35.9 Å². The summed E-state index contributed by atoms with van der Waals surface area (Å²) in [5.41, 5.74) is 6.80. The lowest BCUT2D eigenvalue weighted by atomic mass is 10.1. The highest BCUT2D eigenvalue weighted by Gasteiger charge is 2.24. The molecule has 0 heterocycles. The molecule has 0 aliphatic rings. The Hall–Kier alpha value is -2.84. The van der Waals surface area contributed by atoms with Crippen LogP contribution in [0.25, 0.3) is 0 Å². The van der Waals surface area contributed by atoms with E-state index in [-0.39, 0.29) is 37.0 Å². The number of nitrogens with two attached hydrogens (primary N) is 1. The van der Waals surface area contributed by atoms with Crippen molar-refractivity contribution < 1.29 is 23.4 Å². The third-order valence-electron chi connectivity index (χ3n) is 4.11. The van der Waals surface area contributed by atoms with E-state index in [1.54, 1.807) is 31.2 Å². The number of nitrogen functional groups attached to an aromatic ring is 1. The van der Waals surface area contributed by atoms with Gasteiger partial charge in [-0.3, -0.25) is 10.2 Å². The second kappa shape index (κ2) is 11.2. The highest BCUT2D eigenvalue weighted by atomic mass is 35.5. The fraction of sp³-hybridized carbons (Fsp3) is 0.300. The number of carbonyl (C=O) groups is 1. The summed E-state index contributed by atoms with van der Waals surface area (Å²) < 4.78 is 30.1. The van der Waals surface area contributed by atoms with E-state index in [2.05, 4.69) is 5.32 Å². The molecule has 1 amide bonds. The molecule has 2 aromatic rings. The summed E-state index contributed by atoms with van der Waals surface area (Å²) in [6.45, 7) is 2.10. The van der Waals surface area contributed by atoms with Crippen molar-refractivity contribution in [2.75, 3.05) is 20.8 Å². The maximum Gasteiger partial charge on any atom is 0.254 e. The Balaban J connectivity index is 0.00000420. The van der Waals surface area contributed by atoms with E-state index >= 15 is 0 Å². The number of halogens is 2. The van der Waals surface area contributed by atoms with Crippen LogP contribution in [0.3, 0.4) is 0 Å². The SMILES string of the molecule is CCO[C@H](C(=O)NCc1ccc(C(=N)N)cc1OC)c1ccc(OC)cc1F.Cl. The summed E-state index contributed by atoms with van der Waals surface area (Å²) in [6, 6.07) is 9.23.